The van der Waals surface area contributed by atoms with Gasteiger partial charge in [-0.3, -0.25) is 30.3 Å². The van der Waals surface area contributed by atoms with Gasteiger partial charge in [0.1, 0.15) is 11.8 Å². The van der Waals surface area contributed by atoms with Crippen LogP contribution in [0.2, 0.25) is 0 Å². The number of ether oxygens (including phenoxy) is 1. The highest BCUT2D eigenvalue weighted by molar-refractivity contribution is 6.11. The molecule has 0 amide bonds. The van der Waals surface area contributed by atoms with Gasteiger partial charge in [-0.1, -0.05) is 12.1 Å². The smallest absolute Gasteiger partial charge is 0.284 e. The number of nitrogens with zero attached hydrogens (tertiary/aromatic N) is 4. The second kappa shape index (κ2) is 7.86. The molecular weight excluding hydrogens is 432 g/mol. The van der Waals surface area contributed by atoms with Crippen molar-refractivity contribution >= 4 is 28.7 Å². The van der Waals surface area contributed by atoms with Crippen molar-refractivity contribution in [3.05, 3.63) is 101 Å². The van der Waals surface area contributed by atoms with Crippen LogP contribution in [0.4, 0.5) is 17.1 Å². The largest absolute Gasteiger partial charge is 0.497 e. The number of nitriles is 1. The molecule has 11 heteroatoms. The molecule has 3 aromatic rings. The van der Waals surface area contributed by atoms with Crippen LogP contribution in [0.1, 0.15) is 22.3 Å². The lowest BCUT2D eigenvalue weighted by Gasteiger charge is -2.05. The summed E-state index contributed by atoms with van der Waals surface area (Å²) in [6.07, 6.45) is 1.60. The maximum absolute atomic E-state index is 11.8. The molecule has 0 bridgehead atoms. The Labute approximate surface area is 185 Å². The SMILES string of the molecule is COc1ccc(C=C2c3cc([N+](=O)[O-])cc(C#N)c3-c3c2cc([N+](=O)[O-])cc3[N+](=O)[O-])cc1. The number of hydrogen-bond donors (Lipinski definition) is 0. The van der Waals surface area contributed by atoms with E-state index >= 15 is 0 Å². The molecule has 1 aliphatic carbocycles. The Balaban J connectivity index is 2.13. The molecule has 162 valence electrons. The zero-order valence-electron chi connectivity index (χ0n) is 16.8. The van der Waals surface area contributed by atoms with Gasteiger partial charge in [-0.2, -0.15) is 5.26 Å². The fourth-order valence-corrected chi connectivity index (χ4v) is 3.81. The Morgan fingerprint density at radius 3 is 1.94 bits per heavy atom. The Morgan fingerprint density at radius 1 is 0.848 bits per heavy atom. The number of hydrogen-bond acceptors (Lipinski definition) is 8. The summed E-state index contributed by atoms with van der Waals surface area (Å²) in [7, 11) is 1.50. The maximum Gasteiger partial charge on any atom is 0.284 e. The first kappa shape index (κ1) is 21.1. The van der Waals surface area contributed by atoms with Crippen molar-refractivity contribution in [1.29, 1.82) is 5.26 Å². The lowest BCUT2D eigenvalue weighted by Crippen LogP contribution is -1.97. The minimum atomic E-state index is -0.769. The van der Waals surface area contributed by atoms with E-state index in [1.165, 1.54) is 19.2 Å². The van der Waals surface area contributed by atoms with Gasteiger partial charge < -0.3 is 4.74 Å². The van der Waals surface area contributed by atoms with E-state index in [4.69, 9.17) is 4.74 Å². The monoisotopic (exact) mass is 444 g/mol. The normalized spacial score (nSPS) is 12.5. The molecule has 1 aliphatic rings. The van der Waals surface area contributed by atoms with E-state index in [1.807, 2.05) is 6.07 Å². The number of nitro benzene ring substituents is 3. The van der Waals surface area contributed by atoms with Crippen LogP contribution in [0.5, 0.6) is 5.75 Å². The van der Waals surface area contributed by atoms with Gasteiger partial charge in [-0.25, -0.2) is 0 Å². The quantitative estimate of drug-likeness (QED) is 0.311. The van der Waals surface area contributed by atoms with Gasteiger partial charge in [0.15, 0.2) is 0 Å². The predicted molar refractivity (Wildman–Crippen MR) is 117 cm³/mol. The standard InChI is InChI=1S/C22H12N4O7/c1-33-16-4-2-12(3-5-16)6-17-18-8-14(24(27)28)7-13(11-23)21(18)22-19(17)9-15(25(29)30)10-20(22)26(31)32/h2-10H,1H3. The number of benzene rings is 3. The molecule has 3 aromatic carbocycles. The average Bonchev–Trinajstić information content (AvgIpc) is 3.11. The molecule has 0 fully saturated rings. The summed E-state index contributed by atoms with van der Waals surface area (Å²) < 4.78 is 5.13. The molecule has 0 saturated carbocycles. The van der Waals surface area contributed by atoms with E-state index < -0.39 is 26.1 Å². The summed E-state index contributed by atoms with van der Waals surface area (Å²) in [6, 6.07) is 12.8. The number of rotatable bonds is 5. The molecule has 4 rings (SSSR count). The summed E-state index contributed by atoms with van der Waals surface area (Å²) in [6.45, 7) is 0. The molecule has 0 heterocycles. The summed E-state index contributed by atoms with van der Waals surface area (Å²) in [5, 5.41) is 44.4. The van der Waals surface area contributed by atoms with Crippen LogP contribution in [-0.4, -0.2) is 21.9 Å². The van der Waals surface area contributed by atoms with E-state index in [2.05, 4.69) is 0 Å². The molecule has 11 nitrogen and oxygen atoms in total. The van der Waals surface area contributed by atoms with E-state index in [0.29, 0.717) is 11.3 Å². The van der Waals surface area contributed by atoms with Crippen LogP contribution < -0.4 is 4.74 Å². The number of methoxy groups -OCH3 is 1. The maximum atomic E-state index is 11.8. The van der Waals surface area contributed by atoms with Crippen LogP contribution in [-0.2, 0) is 0 Å². The first-order valence-corrected chi connectivity index (χ1v) is 9.31. The van der Waals surface area contributed by atoms with Crippen LogP contribution in [0, 0.1) is 41.7 Å². The zero-order chi connectivity index (χ0) is 23.9. The van der Waals surface area contributed by atoms with E-state index in [-0.39, 0.29) is 39.1 Å². The minimum absolute atomic E-state index is 0.00631. The molecule has 0 radical (unpaired) electrons. The third kappa shape index (κ3) is 3.51. The van der Waals surface area contributed by atoms with Crippen molar-refractivity contribution in [3.63, 3.8) is 0 Å². The Morgan fingerprint density at radius 2 is 1.42 bits per heavy atom. The predicted octanol–water partition coefficient (Wildman–Crippen LogP) is 4.86. The molecule has 0 spiro atoms. The molecule has 0 atom stereocenters. The lowest BCUT2D eigenvalue weighted by atomic mass is 9.97. The van der Waals surface area contributed by atoms with Crippen molar-refractivity contribution in [2.75, 3.05) is 7.11 Å². The van der Waals surface area contributed by atoms with Gasteiger partial charge >= 0.3 is 0 Å². The van der Waals surface area contributed by atoms with Crippen molar-refractivity contribution in [1.82, 2.24) is 0 Å². The molecule has 0 saturated heterocycles. The topological polar surface area (TPSA) is 162 Å². The summed E-state index contributed by atoms with van der Waals surface area (Å²) >= 11 is 0. The highest BCUT2D eigenvalue weighted by atomic mass is 16.6. The first-order chi connectivity index (χ1) is 15.7. The molecule has 0 N–H and O–H groups in total. The molecule has 0 aliphatic heterocycles. The van der Waals surface area contributed by atoms with Gasteiger partial charge in [0.05, 0.1) is 39.1 Å². The second-order valence-electron chi connectivity index (χ2n) is 7.02. The molecule has 0 unspecified atom stereocenters. The Kier molecular flexibility index (Phi) is 5.03. The van der Waals surface area contributed by atoms with Crippen LogP contribution >= 0.6 is 0 Å². The summed E-state index contributed by atoms with van der Waals surface area (Å²) in [5.41, 5.74) is -0.224. The molecule has 0 aromatic heterocycles. The van der Waals surface area contributed by atoms with Gasteiger partial charge in [0, 0.05) is 29.3 Å². The van der Waals surface area contributed by atoms with E-state index in [1.54, 1.807) is 30.3 Å². The van der Waals surface area contributed by atoms with Gasteiger partial charge in [0.2, 0.25) is 0 Å². The minimum Gasteiger partial charge on any atom is -0.497 e. The fraction of sp³-hybridized carbons (Fsp3) is 0.0455. The molecule has 33 heavy (non-hydrogen) atoms. The number of fused-ring (bicyclic) bond motifs is 3. The number of non-ortho nitro benzene ring substituents is 2. The number of nitro groups is 3. The lowest BCUT2D eigenvalue weighted by molar-refractivity contribution is -0.393. The summed E-state index contributed by atoms with van der Waals surface area (Å²) in [4.78, 5) is 32.5. The first-order valence-electron chi connectivity index (χ1n) is 9.31. The van der Waals surface area contributed by atoms with E-state index in [9.17, 15) is 35.6 Å². The Bertz CT molecular complexity index is 1440. The molecular formula is C22H12N4O7. The highest BCUT2D eigenvalue weighted by Gasteiger charge is 2.37. The second-order valence-corrected chi connectivity index (χ2v) is 7.02. The fourth-order valence-electron chi connectivity index (χ4n) is 3.81. The highest BCUT2D eigenvalue weighted by Crippen LogP contribution is 2.52. The van der Waals surface area contributed by atoms with Gasteiger partial charge in [-0.15, -0.1) is 0 Å². The third-order valence-corrected chi connectivity index (χ3v) is 5.22. The average molecular weight is 444 g/mol. The van der Waals surface area contributed by atoms with E-state index in [0.717, 1.165) is 12.1 Å². The summed E-state index contributed by atoms with van der Waals surface area (Å²) in [5.74, 6) is 0.582. The third-order valence-electron chi connectivity index (χ3n) is 5.22. The van der Waals surface area contributed by atoms with Crippen molar-refractivity contribution in [2.45, 2.75) is 0 Å². The van der Waals surface area contributed by atoms with Crippen LogP contribution in [0.3, 0.4) is 0 Å². The van der Waals surface area contributed by atoms with Crippen molar-refractivity contribution in [3.8, 4) is 22.9 Å². The van der Waals surface area contributed by atoms with Gasteiger partial charge in [-0.05, 0) is 34.9 Å². The zero-order valence-corrected chi connectivity index (χ0v) is 16.8. The Hall–Kier alpha value is -5.11. The van der Waals surface area contributed by atoms with Crippen LogP contribution in [0.25, 0.3) is 22.8 Å². The van der Waals surface area contributed by atoms with Crippen molar-refractivity contribution < 1.29 is 19.5 Å². The van der Waals surface area contributed by atoms with Crippen molar-refractivity contribution in [2.24, 2.45) is 0 Å². The van der Waals surface area contributed by atoms with Crippen LogP contribution in [0.15, 0.2) is 48.5 Å². The van der Waals surface area contributed by atoms with Gasteiger partial charge in [0.25, 0.3) is 17.1 Å².